The van der Waals surface area contributed by atoms with E-state index in [9.17, 15) is 9.59 Å². The minimum absolute atomic E-state index is 0.0156. The van der Waals surface area contributed by atoms with E-state index < -0.39 is 6.09 Å². The van der Waals surface area contributed by atoms with Crippen LogP contribution in [0.25, 0.3) is 0 Å². The number of nitrogens with one attached hydrogen (secondary N) is 1. The van der Waals surface area contributed by atoms with E-state index in [-0.39, 0.29) is 18.1 Å². The lowest BCUT2D eigenvalue weighted by Gasteiger charge is -2.34. The Morgan fingerprint density at radius 1 is 1.37 bits per heavy atom. The molecule has 6 nitrogen and oxygen atoms in total. The summed E-state index contributed by atoms with van der Waals surface area (Å²) in [7, 11) is 0. The molecule has 2 rings (SSSR count). The zero-order valence-corrected chi connectivity index (χ0v) is 11.4. The molecule has 2 atom stereocenters. The van der Waals surface area contributed by atoms with Crippen molar-refractivity contribution in [1.29, 1.82) is 0 Å². The Hall–Kier alpha value is -1.30. The summed E-state index contributed by atoms with van der Waals surface area (Å²) in [6.07, 6.45) is 2.87. The van der Waals surface area contributed by atoms with Crippen LogP contribution in [0, 0.1) is 0 Å². The van der Waals surface area contributed by atoms with E-state index in [2.05, 4.69) is 5.32 Å². The van der Waals surface area contributed by atoms with E-state index in [0.29, 0.717) is 19.8 Å². The summed E-state index contributed by atoms with van der Waals surface area (Å²) in [4.78, 5) is 25.4. The zero-order valence-electron chi connectivity index (χ0n) is 11.4. The fourth-order valence-corrected chi connectivity index (χ4v) is 2.61. The number of carbonyl (C=O) groups excluding carboxylic acids is 2. The highest BCUT2D eigenvalue weighted by molar-refractivity contribution is 5.81. The minimum Gasteiger partial charge on any atom is -0.450 e. The second-order valence-electron chi connectivity index (χ2n) is 4.99. The van der Waals surface area contributed by atoms with Crippen LogP contribution in [0.1, 0.15) is 32.6 Å². The Morgan fingerprint density at radius 2 is 2.21 bits per heavy atom. The van der Waals surface area contributed by atoms with Crippen molar-refractivity contribution in [2.75, 3.05) is 26.3 Å². The normalized spacial score (nSPS) is 27.1. The van der Waals surface area contributed by atoms with Crippen molar-refractivity contribution in [3.05, 3.63) is 0 Å². The van der Waals surface area contributed by atoms with Crippen LogP contribution in [-0.2, 0) is 14.3 Å². The second-order valence-corrected chi connectivity index (χ2v) is 4.99. The molecule has 2 aliphatic rings. The maximum Gasteiger partial charge on any atom is 0.407 e. The second kappa shape index (κ2) is 6.75. The third-order valence-corrected chi connectivity index (χ3v) is 3.54. The molecule has 19 heavy (non-hydrogen) atoms. The summed E-state index contributed by atoms with van der Waals surface area (Å²) in [6, 6.07) is -0.0156. The van der Waals surface area contributed by atoms with Gasteiger partial charge in [0.2, 0.25) is 0 Å². The van der Waals surface area contributed by atoms with Crippen LogP contribution in [0.3, 0.4) is 0 Å². The van der Waals surface area contributed by atoms with Gasteiger partial charge >= 0.3 is 6.09 Å². The molecule has 0 aliphatic carbocycles. The third-order valence-electron chi connectivity index (χ3n) is 3.54. The topological polar surface area (TPSA) is 67.9 Å². The molecule has 2 aliphatic heterocycles. The Balaban J connectivity index is 1.82. The smallest absolute Gasteiger partial charge is 0.407 e. The van der Waals surface area contributed by atoms with Crippen molar-refractivity contribution in [2.45, 2.75) is 44.8 Å². The van der Waals surface area contributed by atoms with E-state index in [1.165, 1.54) is 0 Å². The molecule has 108 valence electrons. The number of hydrogen-bond acceptors (Lipinski definition) is 4. The Labute approximate surface area is 113 Å². The van der Waals surface area contributed by atoms with Gasteiger partial charge in [-0.05, 0) is 32.6 Å². The Bertz CT molecular complexity index is 329. The summed E-state index contributed by atoms with van der Waals surface area (Å²) < 4.78 is 10.3. The van der Waals surface area contributed by atoms with Crippen molar-refractivity contribution < 1.29 is 19.1 Å². The van der Waals surface area contributed by atoms with Crippen LogP contribution in [0.5, 0.6) is 0 Å². The molecule has 2 heterocycles. The maximum atomic E-state index is 12.2. The molecule has 0 aromatic heterocycles. The fourth-order valence-electron chi connectivity index (χ4n) is 2.61. The van der Waals surface area contributed by atoms with Gasteiger partial charge in [0.15, 0.2) is 0 Å². The van der Waals surface area contributed by atoms with E-state index in [4.69, 9.17) is 9.47 Å². The van der Waals surface area contributed by atoms with E-state index in [1.54, 1.807) is 11.8 Å². The lowest BCUT2D eigenvalue weighted by molar-refractivity contribution is -0.142. The van der Waals surface area contributed by atoms with Gasteiger partial charge in [0.05, 0.1) is 6.61 Å². The lowest BCUT2D eigenvalue weighted by Crippen LogP contribution is -2.52. The first-order valence-corrected chi connectivity index (χ1v) is 7.04. The van der Waals surface area contributed by atoms with Crippen LogP contribution in [0.15, 0.2) is 0 Å². The van der Waals surface area contributed by atoms with Gasteiger partial charge in [-0.25, -0.2) is 4.79 Å². The van der Waals surface area contributed by atoms with Gasteiger partial charge in [0.25, 0.3) is 5.91 Å². The van der Waals surface area contributed by atoms with E-state index in [1.807, 2.05) is 0 Å². The predicted molar refractivity (Wildman–Crippen MR) is 68.7 cm³/mol. The van der Waals surface area contributed by atoms with Gasteiger partial charge in [0.1, 0.15) is 6.10 Å². The summed E-state index contributed by atoms with van der Waals surface area (Å²) in [5.74, 6) is 0.0628. The standard InChI is InChI=1S/C13H22N2O4/c1-2-18-13(17)14-10-5-3-7-15(9-10)12(16)11-6-4-8-19-11/h10-11H,2-9H2,1H3,(H,14,17)/t10-,11-/m1/s1. The third kappa shape index (κ3) is 3.83. The number of hydrogen-bond donors (Lipinski definition) is 1. The van der Waals surface area contributed by atoms with Gasteiger partial charge in [-0.15, -0.1) is 0 Å². The summed E-state index contributed by atoms with van der Waals surface area (Å²) in [5.41, 5.74) is 0. The van der Waals surface area contributed by atoms with Crippen LogP contribution < -0.4 is 5.32 Å². The number of ether oxygens (including phenoxy) is 2. The van der Waals surface area contributed by atoms with Crippen molar-refractivity contribution >= 4 is 12.0 Å². The predicted octanol–water partition coefficient (Wildman–Crippen LogP) is 0.902. The van der Waals surface area contributed by atoms with Crippen molar-refractivity contribution in [3.8, 4) is 0 Å². The Kier molecular flexibility index (Phi) is 5.01. The SMILES string of the molecule is CCOC(=O)N[C@@H]1CCCN(C(=O)[C@H]2CCCO2)C1. The highest BCUT2D eigenvalue weighted by Crippen LogP contribution is 2.18. The largest absolute Gasteiger partial charge is 0.450 e. The molecule has 2 saturated heterocycles. The van der Waals surface area contributed by atoms with Crippen molar-refractivity contribution in [1.82, 2.24) is 10.2 Å². The first kappa shape index (κ1) is 14.1. The summed E-state index contributed by atoms with van der Waals surface area (Å²) >= 11 is 0. The van der Waals surface area contributed by atoms with Crippen LogP contribution >= 0.6 is 0 Å². The summed E-state index contributed by atoms with van der Waals surface area (Å²) in [5, 5.41) is 2.80. The van der Waals surface area contributed by atoms with Gasteiger partial charge in [-0.2, -0.15) is 0 Å². The molecule has 2 fully saturated rings. The zero-order chi connectivity index (χ0) is 13.7. The molecule has 2 amide bonds. The number of amides is 2. The maximum absolute atomic E-state index is 12.2. The Morgan fingerprint density at radius 3 is 2.89 bits per heavy atom. The first-order chi connectivity index (χ1) is 9.20. The minimum atomic E-state index is -0.404. The molecule has 0 unspecified atom stereocenters. The molecule has 0 radical (unpaired) electrons. The fraction of sp³-hybridized carbons (Fsp3) is 0.846. The summed E-state index contributed by atoms with van der Waals surface area (Å²) in [6.45, 7) is 4.11. The highest BCUT2D eigenvalue weighted by atomic mass is 16.5. The number of carbonyl (C=O) groups is 2. The molecule has 0 saturated carbocycles. The molecular formula is C13H22N2O4. The van der Waals surface area contributed by atoms with Crippen LogP contribution in [-0.4, -0.2) is 55.3 Å². The molecule has 6 heteroatoms. The van der Waals surface area contributed by atoms with Gasteiger partial charge in [-0.3, -0.25) is 4.79 Å². The molecule has 1 N–H and O–H groups in total. The highest BCUT2D eigenvalue weighted by Gasteiger charge is 2.31. The molecule has 0 aromatic rings. The van der Waals surface area contributed by atoms with Crippen LogP contribution in [0.2, 0.25) is 0 Å². The monoisotopic (exact) mass is 270 g/mol. The first-order valence-electron chi connectivity index (χ1n) is 7.04. The quantitative estimate of drug-likeness (QED) is 0.827. The molecule has 0 spiro atoms. The van der Waals surface area contributed by atoms with E-state index >= 15 is 0 Å². The number of rotatable bonds is 3. The van der Waals surface area contributed by atoms with Gasteiger partial charge in [0, 0.05) is 25.7 Å². The molecule has 0 bridgehead atoms. The van der Waals surface area contributed by atoms with Crippen molar-refractivity contribution in [2.24, 2.45) is 0 Å². The average Bonchev–Trinajstić information content (AvgIpc) is 2.92. The molecule has 0 aromatic carbocycles. The molecular weight excluding hydrogens is 248 g/mol. The lowest BCUT2D eigenvalue weighted by atomic mass is 10.0. The number of alkyl carbamates (subject to hydrolysis) is 1. The van der Waals surface area contributed by atoms with Crippen molar-refractivity contribution in [3.63, 3.8) is 0 Å². The van der Waals surface area contributed by atoms with Crippen LogP contribution in [0.4, 0.5) is 4.79 Å². The number of nitrogens with zero attached hydrogens (tertiary/aromatic N) is 1. The number of likely N-dealkylation sites (tertiary alicyclic amines) is 1. The average molecular weight is 270 g/mol. The number of piperidine rings is 1. The van der Waals surface area contributed by atoms with Gasteiger partial charge < -0.3 is 19.7 Å². The van der Waals surface area contributed by atoms with E-state index in [0.717, 1.165) is 32.2 Å². The van der Waals surface area contributed by atoms with Gasteiger partial charge in [-0.1, -0.05) is 0 Å².